The van der Waals surface area contributed by atoms with Crippen LogP contribution in [-0.2, 0) is 0 Å². The molecule has 0 bridgehead atoms. The number of hydrogen-bond donors (Lipinski definition) is 3. The number of aromatic amines is 2. The van der Waals surface area contributed by atoms with Crippen LogP contribution in [0.15, 0.2) is 12.1 Å². The van der Waals surface area contributed by atoms with E-state index in [2.05, 4.69) is 9.97 Å². The molecule has 2 atom stereocenters. The fraction of sp³-hybridized carbons (Fsp3) is 0.429. The fourth-order valence-corrected chi connectivity index (χ4v) is 2.89. The normalized spacial score (nSPS) is 22.7. The number of aromatic nitrogens is 2. The van der Waals surface area contributed by atoms with Crippen molar-refractivity contribution in [3.8, 4) is 0 Å². The summed E-state index contributed by atoms with van der Waals surface area (Å²) in [6, 6.07) is 2.50. The number of imidazole rings is 1. The van der Waals surface area contributed by atoms with Crippen molar-refractivity contribution in [1.29, 1.82) is 0 Å². The van der Waals surface area contributed by atoms with E-state index < -0.39 is 11.9 Å². The highest BCUT2D eigenvalue weighted by Crippen LogP contribution is 2.23. The van der Waals surface area contributed by atoms with Crippen LogP contribution < -0.4 is 0 Å². The number of likely N-dealkylation sites (tertiary alicyclic amines) is 1. The number of aliphatic hydroxyl groups excluding tert-OH is 1. The van der Waals surface area contributed by atoms with Gasteiger partial charge in [-0.25, -0.2) is 4.39 Å². The summed E-state index contributed by atoms with van der Waals surface area (Å²) in [6.07, 6.45) is 0.186. The Morgan fingerprint density at radius 2 is 2.24 bits per heavy atom. The van der Waals surface area contributed by atoms with Crippen LogP contribution in [0.5, 0.6) is 0 Å². The molecule has 3 N–H and O–H groups in total. The molecule has 2 aromatic rings. The van der Waals surface area contributed by atoms with Gasteiger partial charge in [-0.15, -0.1) is 0 Å². The quantitative estimate of drug-likeness (QED) is 0.707. The Hall–Kier alpha value is -1.73. The summed E-state index contributed by atoms with van der Waals surface area (Å²) in [5, 5.41) is 9.92. The van der Waals surface area contributed by atoms with Gasteiger partial charge >= 0.3 is 0 Å². The zero-order chi connectivity index (χ0) is 15.1. The number of carbonyl (C=O) groups is 1. The molecule has 0 radical (unpaired) electrons. The first-order valence-electron chi connectivity index (χ1n) is 6.84. The van der Waals surface area contributed by atoms with E-state index in [1.165, 1.54) is 12.1 Å². The van der Waals surface area contributed by atoms with Crippen LogP contribution in [0.4, 0.5) is 4.39 Å². The molecule has 1 aromatic carbocycles. The number of fused-ring (bicyclic) bond motifs is 1. The number of piperidine rings is 1. The third-order valence-corrected chi connectivity index (χ3v) is 4.23. The average Bonchev–Trinajstić information content (AvgIpc) is 2.80. The minimum absolute atomic E-state index is 0.166. The van der Waals surface area contributed by atoms with Crippen molar-refractivity contribution >= 4 is 29.2 Å². The zero-order valence-corrected chi connectivity index (χ0v) is 12.3. The number of rotatable bonds is 1. The van der Waals surface area contributed by atoms with Crippen molar-refractivity contribution < 1.29 is 14.3 Å². The van der Waals surface area contributed by atoms with E-state index in [0.29, 0.717) is 22.3 Å². The summed E-state index contributed by atoms with van der Waals surface area (Å²) in [6.45, 7) is 2.78. The monoisotopic (exact) mass is 309 g/mol. The minimum Gasteiger partial charge on any atom is -0.391 e. The summed E-state index contributed by atoms with van der Waals surface area (Å²) in [4.78, 5) is 19.9. The van der Waals surface area contributed by atoms with Gasteiger partial charge in [-0.3, -0.25) is 4.79 Å². The zero-order valence-electron chi connectivity index (χ0n) is 11.5. The Kier molecular flexibility index (Phi) is 3.54. The average molecular weight is 309 g/mol. The van der Waals surface area contributed by atoms with Crippen molar-refractivity contribution in [2.24, 2.45) is 5.92 Å². The highest BCUT2D eigenvalue weighted by Gasteiger charge is 2.29. The molecule has 3 rings (SSSR count). The van der Waals surface area contributed by atoms with Crippen LogP contribution in [0.3, 0.4) is 0 Å². The molecule has 2 unspecified atom stereocenters. The van der Waals surface area contributed by atoms with Gasteiger partial charge < -0.3 is 20.0 Å². The number of β-amino-alcohol motifs (C(OH)–C–C–N with tert-alkyl or cyclic N) is 1. The fourth-order valence-electron chi connectivity index (χ4n) is 2.68. The second kappa shape index (κ2) is 5.23. The molecular weight excluding hydrogens is 293 g/mol. The number of halogens is 1. The van der Waals surface area contributed by atoms with Gasteiger partial charge in [-0.1, -0.05) is 6.92 Å². The van der Waals surface area contributed by atoms with E-state index in [1.54, 1.807) is 4.90 Å². The Bertz CT molecular complexity index is 754. The number of benzene rings is 1. The lowest BCUT2D eigenvalue weighted by Crippen LogP contribution is -2.45. The van der Waals surface area contributed by atoms with E-state index in [-0.39, 0.29) is 23.9 Å². The Morgan fingerprint density at radius 1 is 1.48 bits per heavy atom. The highest BCUT2D eigenvalue weighted by atomic mass is 32.1. The molecule has 2 heterocycles. The maximum absolute atomic E-state index is 13.7. The topological polar surface area (TPSA) is 72.1 Å². The number of nitrogens with one attached hydrogen (secondary N) is 2. The van der Waals surface area contributed by atoms with Gasteiger partial charge in [0.05, 0.1) is 22.7 Å². The minimum atomic E-state index is -0.545. The first-order valence-corrected chi connectivity index (χ1v) is 7.25. The number of aliphatic hydroxyl groups is 1. The Balaban J connectivity index is 2.00. The predicted octanol–water partition coefficient (Wildman–Crippen LogP) is 2.21. The second-order valence-electron chi connectivity index (χ2n) is 5.54. The first-order chi connectivity index (χ1) is 9.95. The maximum Gasteiger partial charge on any atom is 0.256 e. The highest BCUT2D eigenvalue weighted by molar-refractivity contribution is 7.71. The molecule has 1 amide bonds. The Labute approximate surface area is 125 Å². The van der Waals surface area contributed by atoms with Crippen molar-refractivity contribution in [3.05, 3.63) is 28.3 Å². The lowest BCUT2D eigenvalue weighted by Gasteiger charge is -2.34. The number of amides is 1. The smallest absolute Gasteiger partial charge is 0.256 e. The van der Waals surface area contributed by atoms with E-state index in [0.717, 1.165) is 6.42 Å². The number of nitrogens with zero attached hydrogens (tertiary/aromatic N) is 1. The lowest BCUT2D eigenvalue weighted by molar-refractivity contribution is 0.0249. The summed E-state index contributed by atoms with van der Waals surface area (Å²) < 4.78 is 14.0. The van der Waals surface area contributed by atoms with E-state index >= 15 is 0 Å². The molecule has 1 aliphatic heterocycles. The standard InChI is InChI=1S/C14H16FN3O2S/c1-7-2-3-18(6-11(7)19)13(20)9-4-8(15)5-10-12(9)17-14(21)16-10/h4-5,7,11,19H,2-3,6H2,1H3,(H2,16,17,21). The Morgan fingerprint density at radius 3 is 2.95 bits per heavy atom. The molecule has 5 nitrogen and oxygen atoms in total. The predicted molar refractivity (Wildman–Crippen MR) is 79.1 cm³/mol. The van der Waals surface area contributed by atoms with Crippen LogP contribution in [0.25, 0.3) is 11.0 Å². The largest absolute Gasteiger partial charge is 0.391 e. The first kappa shape index (κ1) is 14.2. The van der Waals surface area contributed by atoms with Gasteiger partial charge in [0.1, 0.15) is 5.82 Å². The number of carbonyl (C=O) groups excluding carboxylic acids is 1. The molecule has 1 saturated heterocycles. The van der Waals surface area contributed by atoms with E-state index in [4.69, 9.17) is 12.2 Å². The van der Waals surface area contributed by atoms with Crippen LogP contribution >= 0.6 is 12.2 Å². The van der Waals surface area contributed by atoms with E-state index in [9.17, 15) is 14.3 Å². The number of hydrogen-bond acceptors (Lipinski definition) is 3. The SMILES string of the molecule is CC1CCN(C(=O)c2cc(F)cc3[nH]c(=S)[nH]c23)CC1O. The second-order valence-corrected chi connectivity index (χ2v) is 5.95. The van der Waals surface area contributed by atoms with Gasteiger partial charge in [-0.2, -0.15) is 0 Å². The molecule has 0 aliphatic carbocycles. The van der Waals surface area contributed by atoms with Crippen molar-refractivity contribution in [2.45, 2.75) is 19.4 Å². The van der Waals surface area contributed by atoms with Crippen LogP contribution in [0, 0.1) is 16.5 Å². The third kappa shape index (κ3) is 2.58. The summed E-state index contributed by atoms with van der Waals surface area (Å²) >= 11 is 4.99. The van der Waals surface area contributed by atoms with Gasteiger partial charge in [0, 0.05) is 13.1 Å². The third-order valence-electron chi connectivity index (χ3n) is 4.03. The van der Waals surface area contributed by atoms with Crippen molar-refractivity contribution in [2.75, 3.05) is 13.1 Å². The molecule has 7 heteroatoms. The molecule has 0 spiro atoms. The van der Waals surface area contributed by atoms with Gasteiger partial charge in [0.25, 0.3) is 5.91 Å². The molecule has 1 fully saturated rings. The van der Waals surface area contributed by atoms with Gasteiger partial charge in [-0.05, 0) is 36.7 Å². The molecule has 0 saturated carbocycles. The lowest BCUT2D eigenvalue weighted by atomic mass is 9.95. The van der Waals surface area contributed by atoms with Crippen molar-refractivity contribution in [3.63, 3.8) is 0 Å². The summed E-state index contributed by atoms with van der Waals surface area (Å²) in [5.41, 5.74) is 1.20. The summed E-state index contributed by atoms with van der Waals surface area (Å²) in [5.74, 6) is -0.627. The summed E-state index contributed by atoms with van der Waals surface area (Å²) in [7, 11) is 0. The molecule has 112 valence electrons. The molecule has 1 aliphatic rings. The van der Waals surface area contributed by atoms with Crippen LogP contribution in [0.2, 0.25) is 0 Å². The molecular formula is C14H16FN3O2S. The van der Waals surface area contributed by atoms with Crippen molar-refractivity contribution in [1.82, 2.24) is 14.9 Å². The van der Waals surface area contributed by atoms with Crippen LogP contribution in [0.1, 0.15) is 23.7 Å². The number of H-pyrrole nitrogens is 2. The van der Waals surface area contributed by atoms with Gasteiger partial charge in [0.2, 0.25) is 0 Å². The molecule has 21 heavy (non-hydrogen) atoms. The maximum atomic E-state index is 13.7. The van der Waals surface area contributed by atoms with Crippen LogP contribution in [-0.4, -0.2) is 45.1 Å². The van der Waals surface area contributed by atoms with Gasteiger partial charge in [0.15, 0.2) is 4.77 Å². The molecule has 1 aromatic heterocycles. The van der Waals surface area contributed by atoms with E-state index in [1.807, 2.05) is 6.92 Å².